The van der Waals surface area contributed by atoms with Crippen molar-refractivity contribution in [1.82, 2.24) is 0 Å². The fourth-order valence-electron chi connectivity index (χ4n) is 1.54. The molecule has 0 spiro atoms. The fourth-order valence-corrected chi connectivity index (χ4v) is 2.29. The van der Waals surface area contributed by atoms with E-state index in [4.69, 9.17) is 11.0 Å². The first-order valence-corrected chi connectivity index (χ1v) is 5.73. The average Bonchev–Trinajstić information content (AvgIpc) is 2.85. The molecule has 0 saturated carbocycles. The number of nitrogens with zero attached hydrogens (tertiary/aromatic N) is 1. The second kappa shape index (κ2) is 5.83. The molecule has 0 aliphatic rings. The van der Waals surface area contributed by atoms with E-state index >= 15 is 0 Å². The van der Waals surface area contributed by atoms with Crippen molar-refractivity contribution in [3.8, 4) is 11.8 Å². The van der Waals surface area contributed by atoms with Crippen LogP contribution in [0.4, 0.5) is 4.39 Å². The van der Waals surface area contributed by atoms with E-state index in [1.807, 2.05) is 17.5 Å². The molecule has 1 aromatic heterocycles. The molecule has 0 fully saturated rings. The molecule has 0 amide bonds. The van der Waals surface area contributed by atoms with Crippen molar-refractivity contribution in [2.24, 2.45) is 5.73 Å². The van der Waals surface area contributed by atoms with Crippen LogP contribution in [0, 0.1) is 17.1 Å². The van der Waals surface area contributed by atoms with Gasteiger partial charge in [-0.05, 0) is 23.6 Å². The zero-order chi connectivity index (χ0) is 12.4. The third-order valence-corrected chi connectivity index (χ3v) is 3.36. The van der Waals surface area contributed by atoms with Crippen molar-refractivity contribution in [2.45, 2.75) is 6.04 Å². The first-order chi connectivity index (χ1) is 8.13. The van der Waals surface area contributed by atoms with E-state index < -0.39 is 17.6 Å². The maximum Gasteiger partial charge on any atom is 0.166 e. The van der Waals surface area contributed by atoms with E-state index in [2.05, 4.69) is 0 Å². The molecule has 0 unspecified atom stereocenters. The number of rotatable bonds is 2. The number of phenols is 1. The van der Waals surface area contributed by atoms with Gasteiger partial charge in [0.1, 0.15) is 0 Å². The van der Waals surface area contributed by atoms with Crippen LogP contribution in [0.3, 0.4) is 0 Å². The molecule has 0 aliphatic heterocycles. The van der Waals surface area contributed by atoms with E-state index in [0.717, 1.165) is 10.9 Å². The lowest BCUT2D eigenvalue weighted by Crippen LogP contribution is -2.11. The molecule has 1 aromatic carbocycles. The Morgan fingerprint density at radius 3 is 2.72 bits per heavy atom. The molecule has 0 radical (unpaired) electrons. The Balaban J connectivity index is 0.00000162. The summed E-state index contributed by atoms with van der Waals surface area (Å²) in [5, 5.41) is 20.2. The minimum atomic E-state index is -0.828. The highest BCUT2D eigenvalue weighted by atomic mass is 35.5. The van der Waals surface area contributed by atoms with Crippen LogP contribution in [0.25, 0.3) is 0 Å². The predicted molar refractivity (Wildman–Crippen MR) is 70.4 cm³/mol. The van der Waals surface area contributed by atoms with Crippen LogP contribution in [-0.4, -0.2) is 5.11 Å². The highest BCUT2D eigenvalue weighted by Crippen LogP contribution is 2.32. The standard InChI is InChI=1S/C12H9FN2OS.ClH/c13-9-5-7(6-14)4-8(12(9)16)11(15)10-2-1-3-17-10;/h1-5,11,16H,15H2;1H/t11-;/m0./s1. The number of nitrogens with two attached hydrogens (primary N) is 1. The third-order valence-electron chi connectivity index (χ3n) is 2.41. The van der Waals surface area contributed by atoms with Crippen molar-refractivity contribution >= 4 is 23.7 Å². The molecule has 2 rings (SSSR count). The van der Waals surface area contributed by atoms with Crippen LogP contribution < -0.4 is 5.73 Å². The number of nitriles is 1. The average molecular weight is 285 g/mol. The number of aromatic hydroxyl groups is 1. The van der Waals surface area contributed by atoms with Crippen molar-refractivity contribution in [3.05, 3.63) is 51.5 Å². The van der Waals surface area contributed by atoms with E-state index in [-0.39, 0.29) is 23.5 Å². The van der Waals surface area contributed by atoms with E-state index in [1.165, 1.54) is 17.4 Å². The Bertz CT molecular complexity index is 581. The first-order valence-electron chi connectivity index (χ1n) is 4.85. The first kappa shape index (κ1) is 14.5. The van der Waals surface area contributed by atoms with Gasteiger partial charge >= 0.3 is 0 Å². The molecule has 0 aliphatic carbocycles. The van der Waals surface area contributed by atoms with Gasteiger partial charge < -0.3 is 10.8 Å². The molecule has 0 saturated heterocycles. The van der Waals surface area contributed by atoms with Crippen LogP contribution in [0.2, 0.25) is 0 Å². The lowest BCUT2D eigenvalue weighted by Gasteiger charge is -2.12. The minimum Gasteiger partial charge on any atom is -0.505 e. The zero-order valence-corrected chi connectivity index (χ0v) is 10.8. The van der Waals surface area contributed by atoms with Gasteiger partial charge in [-0.25, -0.2) is 4.39 Å². The Labute approximate surface area is 114 Å². The van der Waals surface area contributed by atoms with E-state index in [9.17, 15) is 9.50 Å². The van der Waals surface area contributed by atoms with Gasteiger partial charge in [0.15, 0.2) is 11.6 Å². The lowest BCUT2D eigenvalue weighted by atomic mass is 10.0. The molecule has 18 heavy (non-hydrogen) atoms. The van der Waals surface area contributed by atoms with Gasteiger partial charge in [0.25, 0.3) is 0 Å². The van der Waals surface area contributed by atoms with Gasteiger partial charge in [-0.2, -0.15) is 5.26 Å². The SMILES string of the molecule is Cl.N#Cc1cc(F)c(O)c([C@H](N)c2cccs2)c1. The Morgan fingerprint density at radius 1 is 1.44 bits per heavy atom. The van der Waals surface area contributed by atoms with Gasteiger partial charge in [-0.3, -0.25) is 0 Å². The maximum atomic E-state index is 13.4. The van der Waals surface area contributed by atoms with Crippen molar-refractivity contribution in [3.63, 3.8) is 0 Å². The van der Waals surface area contributed by atoms with Crippen LogP contribution in [0.1, 0.15) is 22.0 Å². The normalized spacial score (nSPS) is 11.4. The van der Waals surface area contributed by atoms with Crippen LogP contribution >= 0.6 is 23.7 Å². The van der Waals surface area contributed by atoms with Crippen molar-refractivity contribution < 1.29 is 9.50 Å². The Kier molecular flexibility index (Phi) is 4.68. The maximum absolute atomic E-state index is 13.4. The van der Waals surface area contributed by atoms with Gasteiger partial charge in [-0.15, -0.1) is 23.7 Å². The topological polar surface area (TPSA) is 70.0 Å². The summed E-state index contributed by atoms with van der Waals surface area (Å²) in [6.07, 6.45) is 0. The highest BCUT2D eigenvalue weighted by Gasteiger charge is 2.18. The lowest BCUT2D eigenvalue weighted by molar-refractivity contribution is 0.423. The predicted octanol–water partition coefficient (Wildman–Crippen LogP) is 2.93. The number of halogens is 2. The molecule has 3 nitrogen and oxygen atoms in total. The van der Waals surface area contributed by atoms with Crippen LogP contribution in [-0.2, 0) is 0 Å². The quantitative estimate of drug-likeness (QED) is 0.891. The van der Waals surface area contributed by atoms with E-state index in [0.29, 0.717) is 0 Å². The summed E-state index contributed by atoms with van der Waals surface area (Å²) < 4.78 is 13.4. The largest absolute Gasteiger partial charge is 0.505 e. The summed E-state index contributed by atoms with van der Waals surface area (Å²) in [4.78, 5) is 0.801. The van der Waals surface area contributed by atoms with Gasteiger partial charge in [-0.1, -0.05) is 6.07 Å². The Morgan fingerprint density at radius 2 is 2.17 bits per heavy atom. The highest BCUT2D eigenvalue weighted by molar-refractivity contribution is 7.10. The molecular weight excluding hydrogens is 275 g/mol. The molecule has 2 aromatic rings. The molecule has 1 heterocycles. The summed E-state index contributed by atoms with van der Waals surface area (Å²) >= 11 is 1.41. The monoisotopic (exact) mass is 284 g/mol. The van der Waals surface area contributed by atoms with Crippen molar-refractivity contribution in [1.29, 1.82) is 5.26 Å². The number of hydrogen-bond acceptors (Lipinski definition) is 4. The summed E-state index contributed by atoms with van der Waals surface area (Å²) in [5.74, 6) is -1.32. The number of hydrogen-bond donors (Lipinski definition) is 2. The smallest absolute Gasteiger partial charge is 0.166 e. The summed E-state index contributed by atoms with van der Waals surface area (Å²) in [6.45, 7) is 0. The third kappa shape index (κ3) is 2.62. The summed E-state index contributed by atoms with van der Waals surface area (Å²) in [6, 6.07) is 7.22. The van der Waals surface area contributed by atoms with E-state index in [1.54, 1.807) is 6.07 Å². The molecular formula is C12H10ClFN2OS. The van der Waals surface area contributed by atoms with Gasteiger partial charge in [0.05, 0.1) is 17.7 Å². The number of benzene rings is 1. The summed E-state index contributed by atoms with van der Waals surface area (Å²) in [7, 11) is 0. The fraction of sp³-hybridized carbons (Fsp3) is 0.0833. The Hall–Kier alpha value is -1.61. The van der Waals surface area contributed by atoms with Crippen LogP contribution in [0.5, 0.6) is 5.75 Å². The molecule has 0 bridgehead atoms. The van der Waals surface area contributed by atoms with Crippen LogP contribution in [0.15, 0.2) is 29.6 Å². The molecule has 1 atom stereocenters. The van der Waals surface area contributed by atoms with Gasteiger partial charge in [0.2, 0.25) is 0 Å². The molecule has 3 N–H and O–H groups in total. The molecule has 94 valence electrons. The second-order valence-corrected chi connectivity index (χ2v) is 4.48. The van der Waals surface area contributed by atoms with Crippen molar-refractivity contribution in [2.75, 3.05) is 0 Å². The van der Waals surface area contributed by atoms with Gasteiger partial charge in [0, 0.05) is 10.4 Å². The number of thiophene rings is 1. The minimum absolute atomic E-state index is 0. The summed E-state index contributed by atoms with van der Waals surface area (Å²) in [5.41, 5.74) is 6.30. The zero-order valence-electron chi connectivity index (χ0n) is 9.13. The number of phenolic OH excluding ortho intramolecular Hbond substituents is 1. The second-order valence-electron chi connectivity index (χ2n) is 3.50. The molecule has 6 heteroatoms.